The van der Waals surface area contributed by atoms with Crippen molar-refractivity contribution in [3.8, 4) is 46.5 Å². The summed E-state index contributed by atoms with van der Waals surface area (Å²) in [4.78, 5) is 0.341. The Morgan fingerprint density at radius 2 is 0.729 bits per heavy atom. The van der Waals surface area contributed by atoms with Crippen LogP contribution in [0.25, 0.3) is 0 Å². The number of nitrogens with zero attached hydrogens (tertiary/aromatic N) is 1. The number of nitriles is 1. The molecule has 10 heteroatoms. The number of anilines is 2. The molecule has 48 heavy (non-hydrogen) atoms. The molecule has 0 saturated heterocycles. The van der Waals surface area contributed by atoms with Crippen LogP contribution in [0.15, 0.2) is 155 Å². The van der Waals surface area contributed by atoms with Crippen LogP contribution in [0.1, 0.15) is 5.56 Å². The Hall–Kier alpha value is -6.44. The Labute approximate surface area is 279 Å². The SMILES string of the molecule is Cc1ccc(Oc2ccc(OC#N)cc2)cc1.Nc1ccc(Oc2ccc(S(=O)(=O)c3ccc(Oc4ccc(N)cc4)cc3)cc2)cc1. The Balaban J connectivity index is 0.000000224. The molecule has 6 aromatic carbocycles. The molecule has 0 aliphatic heterocycles. The number of benzene rings is 6. The summed E-state index contributed by atoms with van der Waals surface area (Å²) in [6, 6.07) is 41.1. The predicted octanol–water partition coefficient (Wildman–Crippen LogP) is 8.92. The zero-order chi connectivity index (χ0) is 33.9. The number of nitrogens with two attached hydrogens (primary N) is 2. The lowest BCUT2D eigenvalue weighted by atomic mass is 10.2. The van der Waals surface area contributed by atoms with E-state index in [4.69, 9.17) is 30.9 Å². The minimum atomic E-state index is -3.67. The largest absolute Gasteiger partial charge is 0.457 e. The van der Waals surface area contributed by atoms with Crippen molar-refractivity contribution in [2.75, 3.05) is 11.5 Å². The minimum absolute atomic E-state index is 0.171. The van der Waals surface area contributed by atoms with Gasteiger partial charge in [0, 0.05) is 11.4 Å². The number of hydrogen-bond acceptors (Lipinski definition) is 9. The van der Waals surface area contributed by atoms with Gasteiger partial charge < -0.3 is 30.4 Å². The highest BCUT2D eigenvalue weighted by atomic mass is 32.2. The van der Waals surface area contributed by atoms with Crippen LogP contribution in [0, 0.1) is 18.4 Å². The molecule has 6 rings (SSSR count). The number of rotatable bonds is 9. The van der Waals surface area contributed by atoms with Crippen molar-refractivity contribution in [3.63, 3.8) is 0 Å². The van der Waals surface area contributed by atoms with E-state index in [9.17, 15) is 8.42 Å². The first-order chi connectivity index (χ1) is 23.2. The molecule has 0 aromatic heterocycles. The van der Waals surface area contributed by atoms with Crippen molar-refractivity contribution in [2.24, 2.45) is 0 Å². The van der Waals surface area contributed by atoms with Crippen LogP contribution >= 0.6 is 0 Å². The van der Waals surface area contributed by atoms with E-state index in [2.05, 4.69) is 4.74 Å². The van der Waals surface area contributed by atoms with E-state index in [-0.39, 0.29) is 9.79 Å². The van der Waals surface area contributed by atoms with Gasteiger partial charge in [0.1, 0.15) is 40.2 Å². The molecule has 0 amide bonds. The average molecular weight is 658 g/mol. The third-order valence-corrected chi connectivity index (χ3v) is 8.53. The standard InChI is InChI=1S/C24H20N2O4S.C14H11NO2/c25-17-1-5-19(6-2-17)29-21-9-13-23(14-10-21)31(27,28)24-15-11-22(12-16-24)30-20-7-3-18(26)4-8-20;1-11-2-4-13(5-3-11)17-14-8-6-12(7-9-14)16-10-15/h1-16H,25-26H2;2-9H,1H3. The third kappa shape index (κ3) is 9.06. The molecule has 0 unspecified atom stereocenters. The molecule has 0 spiro atoms. The van der Waals surface area contributed by atoms with Crippen molar-refractivity contribution in [3.05, 3.63) is 151 Å². The topological polar surface area (TPSA) is 147 Å². The fourth-order valence-electron chi connectivity index (χ4n) is 4.22. The van der Waals surface area contributed by atoms with Crippen molar-refractivity contribution < 1.29 is 27.4 Å². The van der Waals surface area contributed by atoms with Crippen LogP contribution in [0.5, 0.6) is 40.2 Å². The summed E-state index contributed by atoms with van der Waals surface area (Å²) in [5.41, 5.74) is 13.8. The lowest BCUT2D eigenvalue weighted by Crippen LogP contribution is -2.01. The van der Waals surface area contributed by atoms with Gasteiger partial charge in [0.25, 0.3) is 6.26 Å². The fraction of sp³-hybridized carbons (Fsp3) is 0.0263. The first-order valence-electron chi connectivity index (χ1n) is 14.6. The second-order valence-corrected chi connectivity index (χ2v) is 12.3. The van der Waals surface area contributed by atoms with E-state index in [1.807, 2.05) is 31.2 Å². The molecule has 0 radical (unpaired) electrons. The highest BCUT2D eigenvalue weighted by Crippen LogP contribution is 2.29. The number of sulfone groups is 1. The van der Waals surface area contributed by atoms with Gasteiger partial charge in [0.05, 0.1) is 9.79 Å². The quantitative estimate of drug-likeness (QED) is 0.115. The molecule has 4 N–H and O–H groups in total. The molecule has 9 nitrogen and oxygen atoms in total. The van der Waals surface area contributed by atoms with Gasteiger partial charge in [-0.05, 0) is 140 Å². The van der Waals surface area contributed by atoms with Crippen LogP contribution in [-0.2, 0) is 9.84 Å². The van der Waals surface area contributed by atoms with Gasteiger partial charge in [-0.15, -0.1) is 5.26 Å². The van der Waals surface area contributed by atoms with Gasteiger partial charge in [0.2, 0.25) is 9.84 Å². The fourth-order valence-corrected chi connectivity index (χ4v) is 5.49. The minimum Gasteiger partial charge on any atom is -0.457 e. The normalized spacial score (nSPS) is 10.5. The van der Waals surface area contributed by atoms with Gasteiger partial charge in [-0.25, -0.2) is 8.42 Å². The lowest BCUT2D eigenvalue weighted by Gasteiger charge is -2.09. The molecule has 0 atom stereocenters. The lowest BCUT2D eigenvalue weighted by molar-refractivity contribution is 0.476. The first kappa shape index (κ1) is 32.9. The predicted molar refractivity (Wildman–Crippen MR) is 184 cm³/mol. The molecule has 0 fully saturated rings. The maximum atomic E-state index is 12.9. The van der Waals surface area contributed by atoms with Crippen LogP contribution in [0.3, 0.4) is 0 Å². The summed E-state index contributed by atoms with van der Waals surface area (Å²) < 4.78 is 47.6. The van der Waals surface area contributed by atoms with Gasteiger partial charge in [-0.2, -0.15) is 0 Å². The van der Waals surface area contributed by atoms with Crippen molar-refractivity contribution in [2.45, 2.75) is 16.7 Å². The molecule has 0 aliphatic carbocycles. The smallest absolute Gasteiger partial charge is 0.292 e. The van der Waals surface area contributed by atoms with Crippen molar-refractivity contribution in [1.82, 2.24) is 0 Å². The van der Waals surface area contributed by atoms with Crippen molar-refractivity contribution in [1.29, 1.82) is 5.26 Å². The third-order valence-electron chi connectivity index (χ3n) is 6.74. The highest BCUT2D eigenvalue weighted by molar-refractivity contribution is 7.91. The molecule has 240 valence electrons. The molecular formula is C38H31N3O6S. The molecule has 0 saturated carbocycles. The van der Waals surface area contributed by atoms with Gasteiger partial charge >= 0.3 is 0 Å². The van der Waals surface area contributed by atoms with E-state index in [0.717, 1.165) is 5.75 Å². The van der Waals surface area contributed by atoms with Crippen LogP contribution < -0.4 is 30.4 Å². The van der Waals surface area contributed by atoms with Crippen LogP contribution in [0.2, 0.25) is 0 Å². The number of aryl methyl sites for hydroxylation is 1. The average Bonchev–Trinajstić information content (AvgIpc) is 3.10. The Bertz CT molecular complexity index is 1980. The number of nitrogen functional groups attached to an aromatic ring is 2. The molecule has 6 aromatic rings. The Kier molecular flexibility index (Phi) is 10.5. The van der Waals surface area contributed by atoms with Gasteiger partial charge in [0.15, 0.2) is 0 Å². The van der Waals surface area contributed by atoms with Crippen molar-refractivity contribution >= 4 is 21.2 Å². The van der Waals surface area contributed by atoms with E-state index >= 15 is 0 Å². The maximum absolute atomic E-state index is 12.9. The van der Waals surface area contributed by atoms with E-state index < -0.39 is 9.84 Å². The summed E-state index contributed by atoms with van der Waals surface area (Å²) in [6.07, 6.45) is 1.62. The number of ether oxygens (including phenoxy) is 4. The zero-order valence-corrected chi connectivity index (χ0v) is 26.6. The van der Waals surface area contributed by atoms with Gasteiger partial charge in [-0.1, -0.05) is 17.7 Å². The summed E-state index contributed by atoms with van der Waals surface area (Å²) in [6.45, 7) is 2.03. The highest BCUT2D eigenvalue weighted by Gasteiger charge is 2.18. The van der Waals surface area contributed by atoms with Crippen LogP contribution in [0.4, 0.5) is 11.4 Å². The summed E-state index contributed by atoms with van der Waals surface area (Å²) in [5.74, 6) is 4.27. The zero-order valence-electron chi connectivity index (χ0n) is 25.8. The van der Waals surface area contributed by atoms with Gasteiger partial charge in [-0.3, -0.25) is 0 Å². The maximum Gasteiger partial charge on any atom is 0.292 e. The van der Waals surface area contributed by atoms with E-state index in [1.54, 1.807) is 103 Å². The molecule has 0 bridgehead atoms. The Morgan fingerprint density at radius 1 is 0.458 bits per heavy atom. The second-order valence-electron chi connectivity index (χ2n) is 10.4. The summed E-state index contributed by atoms with van der Waals surface area (Å²) >= 11 is 0. The molecule has 0 aliphatic rings. The Morgan fingerprint density at radius 3 is 1.06 bits per heavy atom. The summed E-state index contributed by atoms with van der Waals surface area (Å²) in [7, 11) is -3.67. The monoisotopic (exact) mass is 657 g/mol. The molecule has 0 heterocycles. The number of hydrogen-bond donors (Lipinski definition) is 2. The van der Waals surface area contributed by atoms with Crippen LogP contribution in [-0.4, -0.2) is 8.42 Å². The first-order valence-corrected chi connectivity index (χ1v) is 16.1. The van der Waals surface area contributed by atoms with E-state index in [0.29, 0.717) is 45.9 Å². The van der Waals surface area contributed by atoms with E-state index in [1.165, 1.54) is 29.8 Å². The molecular weight excluding hydrogens is 626 g/mol. The second kappa shape index (κ2) is 15.2. The summed E-state index contributed by atoms with van der Waals surface area (Å²) in [5, 5.41) is 8.35.